The maximum Gasteiger partial charge on any atom is 2.00 e. The molecule has 0 aromatic carbocycles. The van der Waals surface area contributed by atoms with Crippen molar-refractivity contribution in [2.24, 2.45) is 0 Å². The smallest absolute Gasteiger partial charge is 2.00 e. The number of carboxylic acids is 3. The maximum absolute atomic E-state index is 10.4. The first-order valence-electron chi connectivity index (χ1n) is 16.0. The number of rotatable bonds is 24. The van der Waals surface area contributed by atoms with Crippen LogP contribution in [0, 0.1) is 0 Å². The molecule has 10 heteroatoms. The minimum absolute atomic E-state index is 0. The molecule has 0 spiro atoms. The zero-order valence-electron chi connectivity index (χ0n) is 27.6. The molecule has 0 fully saturated rings. The van der Waals surface area contributed by atoms with E-state index < -0.39 is 28.4 Å². The Kier molecular flexibility index (Phi) is 57.4. The predicted molar refractivity (Wildman–Crippen MR) is 182 cm³/mol. The van der Waals surface area contributed by atoms with E-state index in [-0.39, 0.29) is 45.0 Å². The van der Waals surface area contributed by atoms with E-state index >= 15 is 0 Å². The molecule has 0 rings (SSSR count). The quantitative estimate of drug-likeness (QED) is 0.0715. The van der Waals surface area contributed by atoms with E-state index in [1.165, 1.54) is 103 Å². The van der Waals surface area contributed by atoms with E-state index in [1.807, 2.05) is 0 Å². The molecule has 0 aromatic heterocycles. The van der Waals surface area contributed by atoms with Gasteiger partial charge in [0.2, 0.25) is 0 Å². The van der Waals surface area contributed by atoms with E-state index in [2.05, 4.69) is 49.0 Å². The van der Waals surface area contributed by atoms with Crippen molar-refractivity contribution >= 4 is 88.2 Å². The van der Waals surface area contributed by atoms with E-state index in [0.717, 1.165) is 32.6 Å². The van der Waals surface area contributed by atoms with E-state index in [4.69, 9.17) is 9.90 Å². The summed E-state index contributed by atoms with van der Waals surface area (Å²) in [4.78, 5) is 34.3. The molecule has 2 atom stereocenters. The number of aliphatic carboxylic acids is 3. The normalized spacial score (nSPS) is 11.1. The summed E-state index contributed by atoms with van der Waals surface area (Å²) in [6.45, 7) is 5.45. The fourth-order valence-corrected chi connectivity index (χ4v) is 4.25. The Morgan fingerprint density at radius 2 is 0.690 bits per heavy atom. The molecule has 0 aromatic rings. The fraction of sp³-hybridized carbons (Fsp3) is 0.906. The van der Waals surface area contributed by atoms with Crippen molar-refractivity contribution < 1.29 is 29.7 Å². The van der Waals surface area contributed by atoms with Crippen molar-refractivity contribution in [3.63, 3.8) is 0 Å². The summed E-state index contributed by atoms with van der Waals surface area (Å²) in [5, 5.41) is 28.5. The van der Waals surface area contributed by atoms with Crippen molar-refractivity contribution in [2.45, 2.75) is 182 Å². The van der Waals surface area contributed by atoms with Crippen molar-refractivity contribution in [3.05, 3.63) is 0 Å². The van der Waals surface area contributed by atoms with Gasteiger partial charge in [-0.1, -0.05) is 142 Å². The third-order valence-corrected chi connectivity index (χ3v) is 7.14. The minimum Gasteiger partial charge on any atom is 2.00 e. The van der Waals surface area contributed by atoms with Gasteiger partial charge in [0.25, 0.3) is 0 Å². The number of unbranched alkanes of at least 4 members (excludes halogenated alkanes) is 18. The number of hydrogen-bond acceptors (Lipinski definition) is 8. The van der Waals surface area contributed by atoms with Crippen LogP contribution in [-0.4, -0.2) is 73.5 Å². The van der Waals surface area contributed by atoms with Crippen LogP contribution in [0.25, 0.3) is 0 Å². The largest absolute Gasteiger partial charge is 2.00 e. The number of hydrogen-bond donors (Lipinski definition) is 2. The second-order valence-corrected chi connectivity index (χ2v) is 14.7. The first-order chi connectivity index (χ1) is 19.5. The van der Waals surface area contributed by atoms with Crippen LogP contribution in [-0.2, 0) is 14.4 Å². The van der Waals surface area contributed by atoms with Crippen LogP contribution in [0.1, 0.15) is 162 Å². The molecular formula is C32H63O6S2Sn2. The van der Waals surface area contributed by atoms with Gasteiger partial charge in [0, 0.05) is 16.5 Å². The molecule has 0 aliphatic rings. The standard InChI is InChI=1S/2C14H28O2S.C2H4O2.2CH3.2Sn/c2*1-2-3-4-5-6-7-8-9-10-11-12-13(17)14(15)16;1-2(3)4;;;;/h2*13,17H,2-12H2,1H3,(H,15,16);1H3,(H,3,4);2*1H3;;/q;;;;;+1;+2/p-3. The third kappa shape index (κ3) is 60.0. The number of carbonyl (C=O) groups is 3. The minimum atomic E-state index is -1.08. The molecule has 0 heterocycles. The summed E-state index contributed by atoms with van der Waals surface area (Å²) < 4.78 is 0. The van der Waals surface area contributed by atoms with Gasteiger partial charge >= 0.3 is 54.9 Å². The van der Waals surface area contributed by atoms with Gasteiger partial charge in [-0.3, -0.25) is 0 Å². The summed E-state index contributed by atoms with van der Waals surface area (Å²) >= 11 is 8.14. The molecule has 247 valence electrons. The maximum atomic E-state index is 10.4. The summed E-state index contributed by atoms with van der Waals surface area (Å²) in [5.74, 6) is -3.16. The van der Waals surface area contributed by atoms with Crippen LogP contribution in [0.4, 0.5) is 0 Å². The molecule has 0 saturated carbocycles. The molecule has 0 amide bonds. The SMILES string of the molecule is CC(=O)[O-].CCCCCCCCCCCCC(S)C(=O)[O-].CCCCCCCCCCCCC(S)C(=O)[O-].[CH3][Sn+][CH3].[Sn+2]. The van der Waals surface area contributed by atoms with E-state index in [0.29, 0.717) is 12.8 Å². The first kappa shape index (κ1) is 52.2. The average Bonchev–Trinajstić information content (AvgIpc) is 2.91. The topological polar surface area (TPSA) is 120 Å². The Morgan fingerprint density at radius 3 is 0.857 bits per heavy atom. The average molecular weight is 845 g/mol. The van der Waals surface area contributed by atoms with Crippen LogP contribution in [0.5, 0.6) is 0 Å². The summed E-state index contributed by atoms with van der Waals surface area (Å²) in [6.07, 6.45) is 26.7. The summed E-state index contributed by atoms with van der Waals surface area (Å²) in [5.41, 5.74) is 0. The Hall–Kier alpha value is 0.707. The molecule has 42 heavy (non-hydrogen) atoms. The van der Waals surface area contributed by atoms with Gasteiger partial charge in [0.1, 0.15) is 0 Å². The van der Waals surface area contributed by atoms with Gasteiger partial charge < -0.3 is 29.7 Å². The van der Waals surface area contributed by atoms with Gasteiger partial charge in [-0.25, -0.2) is 0 Å². The van der Waals surface area contributed by atoms with Gasteiger partial charge in [-0.05, 0) is 19.8 Å². The predicted octanol–water partition coefficient (Wildman–Crippen LogP) is 5.85. The molecule has 0 bridgehead atoms. The zero-order chi connectivity index (χ0) is 32.2. The van der Waals surface area contributed by atoms with Crippen LogP contribution in [0.3, 0.4) is 0 Å². The fourth-order valence-electron chi connectivity index (χ4n) is 3.89. The Balaban J connectivity index is -0.000000174. The van der Waals surface area contributed by atoms with E-state index in [9.17, 15) is 19.8 Å². The van der Waals surface area contributed by atoms with Crippen molar-refractivity contribution in [2.75, 3.05) is 0 Å². The molecular weight excluding hydrogens is 782 g/mol. The summed E-state index contributed by atoms with van der Waals surface area (Å²) in [6, 6.07) is 0. The Bertz CT molecular complexity index is 513. The first-order valence-corrected chi connectivity index (χ1v) is 22.8. The van der Waals surface area contributed by atoms with E-state index in [1.54, 1.807) is 0 Å². The molecule has 6 nitrogen and oxygen atoms in total. The Labute approximate surface area is 298 Å². The summed E-state index contributed by atoms with van der Waals surface area (Å²) in [7, 11) is 0. The van der Waals surface area contributed by atoms with Crippen LogP contribution >= 0.6 is 25.3 Å². The number of carbonyl (C=O) groups excluding carboxylic acids is 3. The second kappa shape index (κ2) is 46.1. The van der Waals surface area contributed by atoms with Crippen molar-refractivity contribution in [3.8, 4) is 0 Å². The monoisotopic (exact) mass is 847 g/mol. The molecule has 0 N–H and O–H groups in total. The van der Waals surface area contributed by atoms with Gasteiger partial charge in [-0.2, -0.15) is 25.3 Å². The van der Waals surface area contributed by atoms with Gasteiger partial charge in [0.15, 0.2) is 0 Å². The molecule has 0 aliphatic carbocycles. The van der Waals surface area contributed by atoms with Crippen LogP contribution < -0.4 is 15.3 Å². The number of carboxylic acid groups (broad SMARTS) is 3. The van der Waals surface area contributed by atoms with Crippen LogP contribution in [0.15, 0.2) is 0 Å². The third-order valence-electron chi connectivity index (χ3n) is 6.21. The number of thiol groups is 2. The Morgan fingerprint density at radius 1 is 0.524 bits per heavy atom. The van der Waals surface area contributed by atoms with Crippen molar-refractivity contribution in [1.29, 1.82) is 0 Å². The molecule has 3 radical (unpaired) electrons. The molecule has 2 unspecified atom stereocenters. The van der Waals surface area contributed by atoms with Gasteiger partial charge in [-0.15, -0.1) is 0 Å². The van der Waals surface area contributed by atoms with Gasteiger partial charge in [0.05, 0.1) is 11.9 Å². The van der Waals surface area contributed by atoms with Crippen molar-refractivity contribution in [1.82, 2.24) is 0 Å². The zero-order valence-corrected chi connectivity index (χ0v) is 35.1. The molecule has 0 saturated heterocycles. The second-order valence-electron chi connectivity index (χ2n) is 10.6. The van der Waals surface area contributed by atoms with Crippen LogP contribution in [0.2, 0.25) is 9.88 Å². The molecule has 0 aliphatic heterocycles.